The molecule has 0 saturated carbocycles. The predicted octanol–water partition coefficient (Wildman–Crippen LogP) is 4.64. The van der Waals surface area contributed by atoms with Gasteiger partial charge in [-0.1, -0.05) is 18.2 Å². The van der Waals surface area contributed by atoms with E-state index in [1.165, 1.54) is 0 Å². The van der Waals surface area contributed by atoms with Gasteiger partial charge in [0.1, 0.15) is 5.75 Å². The maximum atomic E-state index is 13.0. The van der Waals surface area contributed by atoms with Gasteiger partial charge in [0.25, 0.3) is 11.8 Å². The quantitative estimate of drug-likeness (QED) is 0.439. The first-order valence-electron chi connectivity index (χ1n) is 12.0. The van der Waals surface area contributed by atoms with Gasteiger partial charge >= 0.3 is 0 Å². The van der Waals surface area contributed by atoms with Gasteiger partial charge in [0, 0.05) is 31.4 Å². The Kier molecular flexibility index (Phi) is 6.32. The summed E-state index contributed by atoms with van der Waals surface area (Å²) >= 11 is 0. The van der Waals surface area contributed by atoms with Crippen LogP contribution in [0.15, 0.2) is 48.8 Å². The third-order valence-electron chi connectivity index (χ3n) is 6.15. The minimum Gasteiger partial charge on any atom is -0.437 e. The molecule has 1 aliphatic rings. The lowest BCUT2D eigenvalue weighted by atomic mass is 10.1. The fraction of sp³-hybridized carbons (Fsp3) is 0.333. The fourth-order valence-corrected chi connectivity index (χ4v) is 4.41. The van der Waals surface area contributed by atoms with Gasteiger partial charge in [-0.2, -0.15) is 9.97 Å². The maximum absolute atomic E-state index is 13.0. The summed E-state index contributed by atoms with van der Waals surface area (Å²) in [6.07, 6.45) is 1.82. The van der Waals surface area contributed by atoms with Crippen LogP contribution in [-0.4, -0.2) is 50.7 Å². The van der Waals surface area contributed by atoms with Gasteiger partial charge in [0.05, 0.1) is 18.5 Å². The van der Waals surface area contributed by atoms with Crippen molar-refractivity contribution in [3.63, 3.8) is 0 Å². The molecule has 0 radical (unpaired) electrons. The highest BCUT2D eigenvalue weighted by Gasteiger charge is 2.26. The van der Waals surface area contributed by atoms with Crippen molar-refractivity contribution < 1.29 is 14.3 Å². The van der Waals surface area contributed by atoms with E-state index >= 15 is 0 Å². The molecule has 1 saturated heterocycles. The van der Waals surface area contributed by atoms with Crippen molar-refractivity contribution in [2.24, 2.45) is 7.05 Å². The number of hydrogen-bond donors (Lipinski definition) is 1. The number of anilines is 2. The maximum Gasteiger partial charge on any atom is 0.255 e. The second-order valence-corrected chi connectivity index (χ2v) is 9.42. The lowest BCUT2D eigenvalue weighted by Crippen LogP contribution is -2.46. The van der Waals surface area contributed by atoms with Gasteiger partial charge in [-0.15, -0.1) is 0 Å². The molecule has 1 fully saturated rings. The van der Waals surface area contributed by atoms with Gasteiger partial charge in [0.2, 0.25) is 5.95 Å². The van der Waals surface area contributed by atoms with Crippen molar-refractivity contribution >= 4 is 28.7 Å². The lowest BCUT2D eigenvalue weighted by molar-refractivity contribution is -0.00573. The average Bonchev–Trinajstić information content (AvgIpc) is 3.20. The predicted molar refractivity (Wildman–Crippen MR) is 139 cm³/mol. The summed E-state index contributed by atoms with van der Waals surface area (Å²) in [5.41, 5.74) is 4.41. The number of fused-ring (bicyclic) bond motifs is 1. The highest BCUT2D eigenvalue weighted by molar-refractivity contribution is 6.04. The number of aryl methyl sites for hydroxylation is 3. The van der Waals surface area contributed by atoms with Crippen LogP contribution in [0.3, 0.4) is 0 Å². The van der Waals surface area contributed by atoms with E-state index in [2.05, 4.69) is 15.2 Å². The van der Waals surface area contributed by atoms with Crippen molar-refractivity contribution in [3.05, 3.63) is 65.5 Å². The smallest absolute Gasteiger partial charge is 0.255 e. The van der Waals surface area contributed by atoms with E-state index in [1.807, 2.05) is 69.6 Å². The Balaban J connectivity index is 1.47. The molecule has 5 rings (SSSR count). The standard InChI is InChI=1S/C27H30N6O3/c1-16-7-6-8-21(11-16)29-25(34)20-10-9-17(2)22(12-20)36-26-23-24(32(5)15-28-23)30-27(31-26)33-13-18(3)35-19(4)14-33/h6-12,15,18-19H,13-14H2,1-5H3,(H,29,34). The van der Waals surface area contributed by atoms with Gasteiger partial charge < -0.3 is 24.3 Å². The number of carbonyl (C=O) groups excluding carboxylic acids is 1. The van der Waals surface area contributed by atoms with Crippen LogP contribution in [0.2, 0.25) is 0 Å². The molecule has 0 bridgehead atoms. The SMILES string of the molecule is Cc1cccc(NC(=O)c2ccc(C)c(Oc3nc(N4CC(C)OC(C)C4)nc4c3ncn4C)c2)c1. The second-order valence-electron chi connectivity index (χ2n) is 9.42. The fourth-order valence-electron chi connectivity index (χ4n) is 4.41. The number of morpholine rings is 1. The van der Waals surface area contributed by atoms with Crippen LogP contribution in [0.1, 0.15) is 35.3 Å². The lowest BCUT2D eigenvalue weighted by Gasteiger charge is -2.35. The van der Waals surface area contributed by atoms with Crippen LogP contribution in [-0.2, 0) is 11.8 Å². The summed E-state index contributed by atoms with van der Waals surface area (Å²) in [7, 11) is 1.89. The topological polar surface area (TPSA) is 94.4 Å². The molecule has 2 atom stereocenters. The van der Waals surface area contributed by atoms with Gasteiger partial charge in [-0.3, -0.25) is 4.79 Å². The molecule has 186 valence electrons. The Hall–Kier alpha value is -3.98. The Morgan fingerprint density at radius 2 is 1.86 bits per heavy atom. The van der Waals surface area contributed by atoms with Crippen LogP contribution in [0.4, 0.5) is 11.6 Å². The third kappa shape index (κ3) is 4.87. The summed E-state index contributed by atoms with van der Waals surface area (Å²) in [4.78, 5) is 29.1. The second kappa shape index (κ2) is 9.58. The highest BCUT2D eigenvalue weighted by Crippen LogP contribution is 2.32. The summed E-state index contributed by atoms with van der Waals surface area (Å²) < 4.78 is 14.0. The van der Waals surface area contributed by atoms with Gasteiger partial charge in [0.15, 0.2) is 11.2 Å². The monoisotopic (exact) mass is 486 g/mol. The van der Waals surface area contributed by atoms with Crippen molar-refractivity contribution in [1.29, 1.82) is 0 Å². The minimum absolute atomic E-state index is 0.0646. The number of carbonyl (C=O) groups is 1. The zero-order valence-corrected chi connectivity index (χ0v) is 21.1. The number of rotatable bonds is 5. The molecule has 2 unspecified atom stereocenters. The van der Waals surface area contributed by atoms with Crippen LogP contribution in [0.5, 0.6) is 11.6 Å². The zero-order valence-electron chi connectivity index (χ0n) is 21.1. The first-order chi connectivity index (χ1) is 17.3. The Morgan fingerprint density at radius 1 is 1.08 bits per heavy atom. The molecule has 2 aromatic carbocycles. The molecule has 0 aliphatic carbocycles. The van der Waals surface area contributed by atoms with Crippen molar-refractivity contribution in [1.82, 2.24) is 19.5 Å². The van der Waals surface area contributed by atoms with Crippen molar-refractivity contribution in [3.8, 4) is 11.6 Å². The van der Waals surface area contributed by atoms with Crippen LogP contribution in [0.25, 0.3) is 11.2 Å². The highest BCUT2D eigenvalue weighted by atomic mass is 16.5. The molecule has 9 nitrogen and oxygen atoms in total. The number of nitrogens with one attached hydrogen (secondary N) is 1. The molecule has 0 spiro atoms. The summed E-state index contributed by atoms with van der Waals surface area (Å²) in [6.45, 7) is 9.36. The molecule has 1 aliphatic heterocycles. The number of amides is 1. The van der Waals surface area contributed by atoms with Crippen LogP contribution < -0.4 is 15.0 Å². The Morgan fingerprint density at radius 3 is 2.61 bits per heavy atom. The summed E-state index contributed by atoms with van der Waals surface area (Å²) in [6, 6.07) is 13.1. The summed E-state index contributed by atoms with van der Waals surface area (Å²) in [5, 5.41) is 2.95. The van der Waals surface area contributed by atoms with Crippen molar-refractivity contribution in [2.45, 2.75) is 39.9 Å². The minimum atomic E-state index is -0.215. The van der Waals surface area contributed by atoms with E-state index in [-0.39, 0.29) is 18.1 Å². The van der Waals surface area contributed by atoms with E-state index in [4.69, 9.17) is 19.4 Å². The van der Waals surface area contributed by atoms with E-state index in [9.17, 15) is 4.79 Å². The molecule has 2 aromatic heterocycles. The van der Waals surface area contributed by atoms with Crippen molar-refractivity contribution in [2.75, 3.05) is 23.3 Å². The molecular formula is C27H30N6O3. The number of aromatic nitrogens is 4. The van der Waals surface area contributed by atoms with E-state index in [1.54, 1.807) is 18.5 Å². The molecule has 3 heterocycles. The zero-order chi connectivity index (χ0) is 25.4. The summed E-state index contributed by atoms with van der Waals surface area (Å²) in [5.74, 6) is 1.23. The van der Waals surface area contributed by atoms with Gasteiger partial charge in [-0.05, 0) is 63.1 Å². The Labute approximate surface area is 210 Å². The number of ether oxygens (including phenoxy) is 2. The number of hydrogen-bond acceptors (Lipinski definition) is 7. The first-order valence-corrected chi connectivity index (χ1v) is 12.0. The van der Waals surface area contributed by atoms with E-state index < -0.39 is 0 Å². The largest absolute Gasteiger partial charge is 0.437 e. The van der Waals surface area contributed by atoms with E-state index in [0.717, 1.165) is 16.8 Å². The number of imidazole rings is 1. The van der Waals surface area contributed by atoms with Crippen LogP contribution in [0, 0.1) is 13.8 Å². The van der Waals surface area contributed by atoms with Crippen LogP contribution >= 0.6 is 0 Å². The first kappa shape index (κ1) is 23.7. The molecule has 4 aromatic rings. The average molecular weight is 487 g/mol. The molecule has 36 heavy (non-hydrogen) atoms. The number of nitrogens with zero attached hydrogens (tertiary/aromatic N) is 5. The number of benzene rings is 2. The Bertz CT molecular complexity index is 1420. The molecule has 9 heteroatoms. The molecule has 1 N–H and O–H groups in total. The van der Waals surface area contributed by atoms with E-state index in [0.29, 0.717) is 47.4 Å². The normalized spacial score (nSPS) is 17.9. The molecule has 1 amide bonds. The van der Waals surface area contributed by atoms with Gasteiger partial charge in [-0.25, -0.2) is 4.98 Å². The molecular weight excluding hydrogens is 456 g/mol. The third-order valence-corrected chi connectivity index (χ3v) is 6.15.